The van der Waals surface area contributed by atoms with Crippen LogP contribution >= 0.6 is 0 Å². The second-order valence-corrected chi connectivity index (χ2v) is 5.56. The van der Waals surface area contributed by atoms with Crippen molar-refractivity contribution in [3.63, 3.8) is 0 Å². The molecule has 1 saturated heterocycles. The van der Waals surface area contributed by atoms with Gasteiger partial charge in [0.15, 0.2) is 0 Å². The maximum atomic E-state index is 12.3. The van der Waals surface area contributed by atoms with Crippen LogP contribution in [0.15, 0.2) is 48.5 Å². The molecule has 3 nitrogen and oxygen atoms in total. The SMILES string of the molecule is Cc1ccc(NC(=O)c2cccc(N3CCCC3)c2)cc1. The van der Waals surface area contributed by atoms with Gasteiger partial charge in [-0.2, -0.15) is 0 Å². The normalized spacial score (nSPS) is 14.2. The minimum Gasteiger partial charge on any atom is -0.372 e. The Labute approximate surface area is 125 Å². The zero-order valence-electron chi connectivity index (χ0n) is 12.3. The van der Waals surface area contributed by atoms with Crippen molar-refractivity contribution in [3.8, 4) is 0 Å². The molecule has 0 atom stereocenters. The molecule has 3 heteroatoms. The molecule has 0 bridgehead atoms. The van der Waals surface area contributed by atoms with Crippen LogP contribution in [-0.2, 0) is 0 Å². The molecule has 1 N–H and O–H groups in total. The molecule has 0 aliphatic carbocycles. The molecule has 0 aromatic heterocycles. The van der Waals surface area contributed by atoms with Crippen molar-refractivity contribution in [2.75, 3.05) is 23.3 Å². The molecule has 108 valence electrons. The fourth-order valence-corrected chi connectivity index (χ4v) is 2.66. The summed E-state index contributed by atoms with van der Waals surface area (Å²) in [6.45, 7) is 4.21. The Hall–Kier alpha value is -2.29. The Kier molecular flexibility index (Phi) is 3.91. The monoisotopic (exact) mass is 280 g/mol. The summed E-state index contributed by atoms with van der Waals surface area (Å²) in [6, 6.07) is 15.7. The van der Waals surface area contributed by atoms with Crippen molar-refractivity contribution in [2.24, 2.45) is 0 Å². The lowest BCUT2D eigenvalue weighted by Crippen LogP contribution is -2.18. The molecular weight excluding hydrogens is 260 g/mol. The van der Waals surface area contributed by atoms with Gasteiger partial charge >= 0.3 is 0 Å². The Morgan fingerprint density at radius 2 is 1.76 bits per heavy atom. The third-order valence-electron chi connectivity index (χ3n) is 3.89. The lowest BCUT2D eigenvalue weighted by molar-refractivity contribution is 0.102. The molecule has 0 saturated carbocycles. The lowest BCUT2D eigenvalue weighted by atomic mass is 10.1. The Bertz CT molecular complexity index is 628. The maximum Gasteiger partial charge on any atom is 0.255 e. The zero-order chi connectivity index (χ0) is 14.7. The van der Waals surface area contributed by atoms with Crippen LogP contribution in [-0.4, -0.2) is 19.0 Å². The molecule has 0 spiro atoms. The van der Waals surface area contributed by atoms with Crippen LogP contribution in [0.4, 0.5) is 11.4 Å². The first kappa shape index (κ1) is 13.7. The number of hydrogen-bond donors (Lipinski definition) is 1. The molecule has 0 unspecified atom stereocenters. The summed E-state index contributed by atoms with van der Waals surface area (Å²) in [5, 5.41) is 2.95. The van der Waals surface area contributed by atoms with Gasteiger partial charge in [0.25, 0.3) is 5.91 Å². The third-order valence-corrected chi connectivity index (χ3v) is 3.89. The van der Waals surface area contributed by atoms with E-state index in [0.29, 0.717) is 5.56 Å². The summed E-state index contributed by atoms with van der Waals surface area (Å²) >= 11 is 0. The van der Waals surface area contributed by atoms with Crippen molar-refractivity contribution in [1.82, 2.24) is 0 Å². The number of nitrogens with zero attached hydrogens (tertiary/aromatic N) is 1. The first-order valence-electron chi connectivity index (χ1n) is 7.45. The summed E-state index contributed by atoms with van der Waals surface area (Å²) < 4.78 is 0. The van der Waals surface area contributed by atoms with Gasteiger partial charge in [-0.05, 0) is 50.1 Å². The highest BCUT2D eigenvalue weighted by atomic mass is 16.1. The van der Waals surface area contributed by atoms with E-state index >= 15 is 0 Å². The van der Waals surface area contributed by atoms with Crippen molar-refractivity contribution in [2.45, 2.75) is 19.8 Å². The predicted molar refractivity (Wildman–Crippen MR) is 87.0 cm³/mol. The number of rotatable bonds is 3. The first-order chi connectivity index (χ1) is 10.2. The van der Waals surface area contributed by atoms with E-state index in [4.69, 9.17) is 0 Å². The molecule has 1 heterocycles. The van der Waals surface area contributed by atoms with Gasteiger partial charge in [-0.1, -0.05) is 23.8 Å². The molecule has 21 heavy (non-hydrogen) atoms. The number of amides is 1. The second kappa shape index (κ2) is 6.00. The van der Waals surface area contributed by atoms with Gasteiger partial charge in [-0.15, -0.1) is 0 Å². The Morgan fingerprint density at radius 1 is 1.05 bits per heavy atom. The van der Waals surface area contributed by atoms with E-state index in [1.165, 1.54) is 18.4 Å². The summed E-state index contributed by atoms with van der Waals surface area (Å²) in [7, 11) is 0. The zero-order valence-corrected chi connectivity index (χ0v) is 12.3. The van der Waals surface area contributed by atoms with Gasteiger partial charge in [0.05, 0.1) is 0 Å². The van der Waals surface area contributed by atoms with Crippen LogP contribution < -0.4 is 10.2 Å². The van der Waals surface area contributed by atoms with Gasteiger partial charge in [0, 0.05) is 30.0 Å². The molecule has 1 aliphatic rings. The number of carbonyl (C=O) groups is 1. The van der Waals surface area contributed by atoms with Crippen molar-refractivity contribution in [1.29, 1.82) is 0 Å². The standard InChI is InChI=1S/C18H20N2O/c1-14-7-9-16(10-8-14)19-18(21)15-5-4-6-17(13-15)20-11-2-3-12-20/h4-10,13H,2-3,11-12H2,1H3,(H,19,21). The predicted octanol–water partition coefficient (Wildman–Crippen LogP) is 3.85. The fraction of sp³-hybridized carbons (Fsp3) is 0.278. The molecule has 3 rings (SSSR count). The van der Waals surface area contributed by atoms with Gasteiger partial charge in [0.1, 0.15) is 0 Å². The second-order valence-electron chi connectivity index (χ2n) is 5.56. The number of carbonyl (C=O) groups excluding carboxylic acids is 1. The Morgan fingerprint density at radius 3 is 2.48 bits per heavy atom. The van der Waals surface area contributed by atoms with Crippen LogP contribution in [0.2, 0.25) is 0 Å². The molecular formula is C18H20N2O. The largest absolute Gasteiger partial charge is 0.372 e. The number of nitrogens with one attached hydrogen (secondary N) is 1. The quantitative estimate of drug-likeness (QED) is 0.926. The average molecular weight is 280 g/mol. The first-order valence-corrected chi connectivity index (χ1v) is 7.45. The highest BCUT2D eigenvalue weighted by Crippen LogP contribution is 2.21. The van der Waals surface area contributed by atoms with E-state index in [1.807, 2.05) is 49.4 Å². The van der Waals surface area contributed by atoms with Crippen LogP contribution in [0.5, 0.6) is 0 Å². The van der Waals surface area contributed by atoms with Gasteiger partial charge in [0.2, 0.25) is 0 Å². The van der Waals surface area contributed by atoms with E-state index in [0.717, 1.165) is 24.5 Å². The van der Waals surface area contributed by atoms with E-state index in [1.54, 1.807) is 0 Å². The van der Waals surface area contributed by atoms with Crippen molar-refractivity contribution in [3.05, 3.63) is 59.7 Å². The van der Waals surface area contributed by atoms with E-state index in [-0.39, 0.29) is 5.91 Å². The van der Waals surface area contributed by atoms with Gasteiger partial charge in [-0.25, -0.2) is 0 Å². The molecule has 1 amide bonds. The smallest absolute Gasteiger partial charge is 0.255 e. The average Bonchev–Trinajstić information content (AvgIpc) is 3.04. The third kappa shape index (κ3) is 3.24. The number of hydrogen-bond acceptors (Lipinski definition) is 2. The summed E-state index contributed by atoms with van der Waals surface area (Å²) in [5.74, 6) is -0.0556. The molecule has 2 aromatic carbocycles. The van der Waals surface area contributed by atoms with Gasteiger partial charge < -0.3 is 10.2 Å². The highest BCUT2D eigenvalue weighted by Gasteiger charge is 2.14. The molecule has 1 aliphatic heterocycles. The van der Waals surface area contributed by atoms with E-state index in [9.17, 15) is 4.79 Å². The molecule has 0 radical (unpaired) electrons. The van der Waals surface area contributed by atoms with Crippen LogP contribution in [0.1, 0.15) is 28.8 Å². The van der Waals surface area contributed by atoms with Crippen molar-refractivity contribution >= 4 is 17.3 Å². The van der Waals surface area contributed by atoms with Crippen LogP contribution in [0.25, 0.3) is 0 Å². The summed E-state index contributed by atoms with van der Waals surface area (Å²) in [5.41, 5.74) is 3.87. The van der Waals surface area contributed by atoms with Gasteiger partial charge in [-0.3, -0.25) is 4.79 Å². The minimum atomic E-state index is -0.0556. The Balaban J connectivity index is 1.74. The maximum absolute atomic E-state index is 12.3. The fourth-order valence-electron chi connectivity index (χ4n) is 2.66. The molecule has 1 fully saturated rings. The topological polar surface area (TPSA) is 32.3 Å². The lowest BCUT2D eigenvalue weighted by Gasteiger charge is -2.18. The molecule has 2 aromatic rings. The number of aryl methyl sites for hydroxylation is 1. The van der Waals surface area contributed by atoms with E-state index < -0.39 is 0 Å². The van der Waals surface area contributed by atoms with E-state index in [2.05, 4.69) is 16.3 Å². The van der Waals surface area contributed by atoms with Crippen molar-refractivity contribution < 1.29 is 4.79 Å². The highest BCUT2D eigenvalue weighted by molar-refractivity contribution is 6.04. The number of benzene rings is 2. The van der Waals surface area contributed by atoms with Crippen LogP contribution in [0, 0.1) is 6.92 Å². The summed E-state index contributed by atoms with van der Waals surface area (Å²) in [4.78, 5) is 14.7. The number of anilines is 2. The van der Waals surface area contributed by atoms with Crippen LogP contribution in [0.3, 0.4) is 0 Å². The summed E-state index contributed by atoms with van der Waals surface area (Å²) in [6.07, 6.45) is 2.47. The minimum absolute atomic E-state index is 0.0556.